The number of nitrogens with zero attached hydrogens (tertiary/aromatic N) is 1. The lowest BCUT2D eigenvalue weighted by Gasteiger charge is -2.15. The summed E-state index contributed by atoms with van der Waals surface area (Å²) in [5.41, 5.74) is 2.83. The molecule has 6 heteroatoms. The van der Waals surface area contributed by atoms with Crippen molar-refractivity contribution < 1.29 is 18.7 Å². The quantitative estimate of drug-likeness (QED) is 0.368. The first kappa shape index (κ1) is 19.3. The molecule has 1 rings (SSSR count). The molecule has 0 N–H and O–H groups in total. The average Bonchev–Trinajstić information content (AvgIpc) is 2.47. The summed E-state index contributed by atoms with van der Waals surface area (Å²) in [7, 11) is 0. The third-order valence-electron chi connectivity index (χ3n) is 2.86. The van der Waals surface area contributed by atoms with Gasteiger partial charge in [-0.3, -0.25) is 0 Å². The Morgan fingerprint density at radius 2 is 2.00 bits per heavy atom. The molecule has 0 unspecified atom stereocenters. The third-order valence-corrected chi connectivity index (χ3v) is 3.02. The highest BCUT2D eigenvalue weighted by Gasteiger charge is 2.09. The fourth-order valence-corrected chi connectivity index (χ4v) is 1.98. The van der Waals surface area contributed by atoms with Crippen molar-refractivity contribution in [2.75, 3.05) is 19.8 Å². The Hall–Kier alpha value is -1.75. The SMILES string of the molecule is CCc1cc(OC/C=C(\F)Cl)cc(C)c1OCCON=C(C)C. The molecule has 0 heterocycles. The Balaban J connectivity index is 2.69. The average molecular weight is 344 g/mol. The van der Waals surface area contributed by atoms with Crippen LogP contribution in [0.4, 0.5) is 4.39 Å². The molecule has 0 aromatic heterocycles. The molecule has 0 spiro atoms. The van der Waals surface area contributed by atoms with Gasteiger partial charge in [-0.15, -0.1) is 0 Å². The van der Waals surface area contributed by atoms with Gasteiger partial charge >= 0.3 is 0 Å². The molecule has 0 fully saturated rings. The molecule has 0 aliphatic carbocycles. The van der Waals surface area contributed by atoms with E-state index in [1.165, 1.54) is 6.08 Å². The molecule has 1 aromatic rings. The summed E-state index contributed by atoms with van der Waals surface area (Å²) in [5.74, 6) is 1.48. The van der Waals surface area contributed by atoms with Crippen LogP contribution in [0.1, 0.15) is 31.9 Å². The molecule has 23 heavy (non-hydrogen) atoms. The van der Waals surface area contributed by atoms with Crippen LogP contribution in [0, 0.1) is 6.92 Å². The first-order chi connectivity index (χ1) is 10.9. The fraction of sp³-hybridized carbons (Fsp3) is 0.471. The van der Waals surface area contributed by atoms with E-state index in [2.05, 4.69) is 5.16 Å². The van der Waals surface area contributed by atoms with Crippen molar-refractivity contribution in [3.05, 3.63) is 34.6 Å². The minimum Gasteiger partial charge on any atom is -0.489 e. The Labute approximate surface area is 141 Å². The number of hydrogen-bond acceptors (Lipinski definition) is 4. The number of oxime groups is 1. The topological polar surface area (TPSA) is 40.0 Å². The molecule has 0 saturated carbocycles. The molecule has 128 valence electrons. The smallest absolute Gasteiger partial charge is 0.188 e. The molecular weight excluding hydrogens is 321 g/mol. The van der Waals surface area contributed by atoms with Crippen LogP contribution in [0.3, 0.4) is 0 Å². The lowest BCUT2D eigenvalue weighted by Crippen LogP contribution is -2.08. The van der Waals surface area contributed by atoms with Crippen LogP contribution in [0.5, 0.6) is 11.5 Å². The molecule has 0 aliphatic rings. The standard InChI is InChI=1S/C17H23ClFNO3/c1-5-14-11-15(21-7-6-16(18)19)10-13(4)17(14)22-8-9-23-20-12(2)3/h6,10-11H,5,7-9H2,1-4H3/b16-6-. The highest BCUT2D eigenvalue weighted by atomic mass is 35.5. The number of ether oxygens (including phenoxy) is 2. The van der Waals surface area contributed by atoms with Crippen LogP contribution in [0.2, 0.25) is 0 Å². The monoisotopic (exact) mass is 343 g/mol. The Bertz CT molecular complexity index is 565. The van der Waals surface area contributed by atoms with Crippen molar-refractivity contribution in [2.24, 2.45) is 5.16 Å². The van der Waals surface area contributed by atoms with Crippen LogP contribution < -0.4 is 9.47 Å². The van der Waals surface area contributed by atoms with Crippen molar-refractivity contribution in [1.29, 1.82) is 0 Å². The van der Waals surface area contributed by atoms with Gasteiger partial charge in [-0.25, -0.2) is 0 Å². The lowest BCUT2D eigenvalue weighted by atomic mass is 10.1. The van der Waals surface area contributed by atoms with E-state index in [0.717, 1.165) is 29.0 Å². The maximum Gasteiger partial charge on any atom is 0.188 e. The van der Waals surface area contributed by atoms with Crippen LogP contribution >= 0.6 is 11.6 Å². The highest BCUT2D eigenvalue weighted by Crippen LogP contribution is 2.29. The summed E-state index contributed by atoms with van der Waals surface area (Å²) in [6.45, 7) is 8.57. The zero-order valence-corrected chi connectivity index (χ0v) is 14.7. The van der Waals surface area contributed by atoms with Crippen molar-refractivity contribution in [2.45, 2.75) is 34.1 Å². The van der Waals surface area contributed by atoms with Crippen molar-refractivity contribution >= 4 is 17.3 Å². The summed E-state index contributed by atoms with van der Waals surface area (Å²) in [6, 6.07) is 3.74. The summed E-state index contributed by atoms with van der Waals surface area (Å²) in [5, 5.41) is 3.08. The Kier molecular flexibility index (Phi) is 8.48. The highest BCUT2D eigenvalue weighted by molar-refractivity contribution is 6.28. The predicted molar refractivity (Wildman–Crippen MR) is 91.3 cm³/mol. The number of aryl methyl sites for hydroxylation is 2. The molecule has 0 saturated heterocycles. The van der Waals surface area contributed by atoms with Gasteiger partial charge in [-0.2, -0.15) is 4.39 Å². The maximum absolute atomic E-state index is 12.5. The van der Waals surface area contributed by atoms with Crippen molar-refractivity contribution in [3.63, 3.8) is 0 Å². The zero-order chi connectivity index (χ0) is 17.2. The van der Waals surface area contributed by atoms with Crippen LogP contribution in [-0.2, 0) is 11.3 Å². The number of rotatable bonds is 9. The van der Waals surface area contributed by atoms with Crippen LogP contribution in [-0.4, -0.2) is 25.5 Å². The molecule has 0 aliphatic heterocycles. The van der Waals surface area contributed by atoms with Gasteiger partial charge in [0.2, 0.25) is 0 Å². The van der Waals surface area contributed by atoms with E-state index in [0.29, 0.717) is 19.0 Å². The third kappa shape index (κ3) is 7.37. The van der Waals surface area contributed by atoms with E-state index >= 15 is 0 Å². The largest absolute Gasteiger partial charge is 0.489 e. The van der Waals surface area contributed by atoms with E-state index < -0.39 is 5.29 Å². The first-order valence-corrected chi connectivity index (χ1v) is 7.85. The Morgan fingerprint density at radius 1 is 1.26 bits per heavy atom. The van der Waals surface area contributed by atoms with Gasteiger partial charge in [0.15, 0.2) is 11.9 Å². The second-order valence-electron chi connectivity index (χ2n) is 5.11. The molecule has 0 radical (unpaired) electrons. The number of hydrogen-bond donors (Lipinski definition) is 0. The molecule has 4 nitrogen and oxygen atoms in total. The second-order valence-corrected chi connectivity index (χ2v) is 5.47. The molecule has 0 atom stereocenters. The van der Waals surface area contributed by atoms with Gasteiger partial charge in [-0.1, -0.05) is 23.7 Å². The van der Waals surface area contributed by atoms with E-state index in [4.69, 9.17) is 25.9 Å². The van der Waals surface area contributed by atoms with E-state index in [9.17, 15) is 4.39 Å². The summed E-state index contributed by atoms with van der Waals surface area (Å²) in [6.07, 6.45) is 1.96. The first-order valence-electron chi connectivity index (χ1n) is 7.47. The van der Waals surface area contributed by atoms with E-state index in [-0.39, 0.29) is 6.61 Å². The molecule has 0 bridgehead atoms. The van der Waals surface area contributed by atoms with Gasteiger partial charge in [0.25, 0.3) is 0 Å². The summed E-state index contributed by atoms with van der Waals surface area (Å²) in [4.78, 5) is 5.11. The maximum atomic E-state index is 12.5. The Morgan fingerprint density at radius 3 is 2.61 bits per heavy atom. The fourth-order valence-electron chi connectivity index (χ4n) is 1.92. The lowest BCUT2D eigenvalue weighted by molar-refractivity contribution is 0.106. The minimum atomic E-state index is -0.776. The van der Waals surface area contributed by atoms with Gasteiger partial charge < -0.3 is 14.3 Å². The van der Waals surface area contributed by atoms with Crippen LogP contribution in [0.15, 0.2) is 28.7 Å². The van der Waals surface area contributed by atoms with Gasteiger partial charge in [-0.05, 0) is 50.5 Å². The zero-order valence-electron chi connectivity index (χ0n) is 14.0. The van der Waals surface area contributed by atoms with Gasteiger partial charge in [0.1, 0.15) is 24.7 Å². The molecular formula is C17H23ClFNO3. The van der Waals surface area contributed by atoms with E-state index in [1.807, 2.05) is 39.8 Å². The van der Waals surface area contributed by atoms with E-state index in [1.54, 1.807) is 0 Å². The van der Waals surface area contributed by atoms with Gasteiger partial charge in [0.05, 0.1) is 5.71 Å². The summed E-state index contributed by atoms with van der Waals surface area (Å²) < 4.78 is 23.7. The summed E-state index contributed by atoms with van der Waals surface area (Å²) >= 11 is 5.13. The predicted octanol–water partition coefficient (Wildman–Crippen LogP) is 4.78. The van der Waals surface area contributed by atoms with Crippen molar-refractivity contribution in [1.82, 2.24) is 0 Å². The second kappa shape index (κ2) is 10.1. The van der Waals surface area contributed by atoms with Gasteiger partial charge in [0, 0.05) is 6.08 Å². The minimum absolute atomic E-state index is 0.0837. The number of benzene rings is 1. The molecule has 1 aromatic carbocycles. The molecule has 0 amide bonds. The normalized spacial score (nSPS) is 11.1. The van der Waals surface area contributed by atoms with Crippen LogP contribution in [0.25, 0.3) is 0 Å². The van der Waals surface area contributed by atoms with Crippen molar-refractivity contribution in [3.8, 4) is 11.5 Å². The number of halogens is 2.